The molecule has 0 aliphatic rings. The van der Waals surface area contributed by atoms with Gasteiger partial charge in [0.05, 0.1) is 24.1 Å². The highest BCUT2D eigenvalue weighted by Gasteiger charge is 2.30. The molecule has 0 heterocycles. The normalized spacial score (nSPS) is 12.5. The van der Waals surface area contributed by atoms with Gasteiger partial charge in [0.1, 0.15) is 23.4 Å². The minimum atomic E-state index is -4.48. The summed E-state index contributed by atoms with van der Waals surface area (Å²) in [6, 6.07) is 13.4. The number of hydrogen-bond donors (Lipinski definition) is 3. The van der Waals surface area contributed by atoms with E-state index < -0.39 is 46.1 Å². The third-order valence-corrected chi connectivity index (χ3v) is 6.04. The van der Waals surface area contributed by atoms with Crippen LogP contribution >= 0.6 is 0 Å². The Labute approximate surface area is 204 Å². The molecule has 3 rings (SSSR count). The van der Waals surface area contributed by atoms with Gasteiger partial charge in [0.15, 0.2) is 0 Å². The van der Waals surface area contributed by atoms with E-state index in [1.165, 1.54) is 47.9 Å². The second-order valence-corrected chi connectivity index (χ2v) is 9.50. The zero-order chi connectivity index (χ0) is 26.5. The Kier molecular flexibility index (Phi) is 8.05. The SMILES string of the molecule is CS(=O)(=O)N(C[C@H](Nc1cccc(F)c1)C(=O)NO)c1ccc(Oc2ccc(C(F)(F)F)cc2)cc1. The van der Waals surface area contributed by atoms with Crippen molar-refractivity contribution in [3.05, 3.63) is 84.2 Å². The zero-order valence-electron chi connectivity index (χ0n) is 18.7. The van der Waals surface area contributed by atoms with E-state index in [0.717, 1.165) is 40.9 Å². The molecule has 192 valence electrons. The number of nitrogens with one attached hydrogen (secondary N) is 2. The highest BCUT2D eigenvalue weighted by atomic mass is 32.2. The molecular weight excluding hydrogens is 506 g/mol. The average Bonchev–Trinajstić information content (AvgIpc) is 2.81. The molecule has 0 radical (unpaired) electrons. The molecule has 0 fully saturated rings. The first-order chi connectivity index (χ1) is 16.9. The summed E-state index contributed by atoms with van der Waals surface area (Å²) in [5, 5.41) is 11.8. The summed E-state index contributed by atoms with van der Waals surface area (Å²) in [7, 11) is -3.94. The molecule has 0 aliphatic heterocycles. The Morgan fingerprint density at radius 2 is 1.61 bits per heavy atom. The molecule has 13 heteroatoms. The maximum atomic E-state index is 13.5. The van der Waals surface area contributed by atoms with Gasteiger partial charge in [-0.15, -0.1) is 0 Å². The Morgan fingerprint density at radius 1 is 1.03 bits per heavy atom. The number of hydroxylamine groups is 1. The number of anilines is 2. The Bertz CT molecular complexity index is 1300. The first kappa shape index (κ1) is 26.8. The van der Waals surface area contributed by atoms with Crippen LogP contribution in [0.1, 0.15) is 5.56 Å². The third kappa shape index (κ3) is 7.09. The topological polar surface area (TPSA) is 108 Å². The van der Waals surface area contributed by atoms with Gasteiger partial charge in [0, 0.05) is 5.69 Å². The fourth-order valence-electron chi connectivity index (χ4n) is 3.18. The number of halogens is 4. The summed E-state index contributed by atoms with van der Waals surface area (Å²) < 4.78 is 83.1. The van der Waals surface area contributed by atoms with Gasteiger partial charge < -0.3 is 10.1 Å². The van der Waals surface area contributed by atoms with Crippen molar-refractivity contribution in [1.29, 1.82) is 0 Å². The molecule has 3 N–H and O–H groups in total. The van der Waals surface area contributed by atoms with Crippen molar-refractivity contribution < 1.29 is 40.7 Å². The number of rotatable bonds is 9. The van der Waals surface area contributed by atoms with Crippen LogP contribution in [0.15, 0.2) is 72.8 Å². The first-order valence-corrected chi connectivity index (χ1v) is 12.1. The molecule has 0 saturated heterocycles. The summed E-state index contributed by atoms with van der Waals surface area (Å²) in [4.78, 5) is 12.2. The van der Waals surface area contributed by atoms with Gasteiger partial charge in [-0.3, -0.25) is 14.3 Å². The quantitative estimate of drug-likeness (QED) is 0.217. The molecule has 1 amide bonds. The predicted molar refractivity (Wildman–Crippen MR) is 124 cm³/mol. The van der Waals surface area contributed by atoms with Crippen LogP contribution in [-0.2, 0) is 21.0 Å². The molecular formula is C23H21F4N3O5S. The number of benzene rings is 3. The maximum Gasteiger partial charge on any atom is 0.416 e. The number of hydrogen-bond acceptors (Lipinski definition) is 6. The standard InChI is InChI=1S/C23H21F4N3O5S/c1-36(33,34)30(14-21(22(31)29-32)28-17-4-2-3-16(24)13-17)18-7-11-20(12-8-18)35-19-9-5-15(6-10-19)23(25,26)27/h2-13,21,28,32H,14H2,1H3,(H,29,31)/t21-/m0/s1. The number of alkyl halides is 3. The van der Waals surface area contributed by atoms with Gasteiger partial charge in [-0.2, -0.15) is 13.2 Å². The van der Waals surface area contributed by atoms with Crippen molar-refractivity contribution in [2.24, 2.45) is 0 Å². The third-order valence-electron chi connectivity index (χ3n) is 4.88. The van der Waals surface area contributed by atoms with E-state index in [1.807, 2.05) is 0 Å². The van der Waals surface area contributed by atoms with E-state index in [1.54, 1.807) is 0 Å². The Morgan fingerprint density at radius 3 is 2.11 bits per heavy atom. The number of carbonyl (C=O) groups is 1. The monoisotopic (exact) mass is 527 g/mol. The maximum absolute atomic E-state index is 13.5. The smallest absolute Gasteiger partial charge is 0.416 e. The molecule has 0 saturated carbocycles. The molecule has 0 bridgehead atoms. The predicted octanol–water partition coefficient (Wildman–Crippen LogP) is 4.39. The number of ether oxygens (including phenoxy) is 1. The molecule has 8 nitrogen and oxygen atoms in total. The van der Waals surface area contributed by atoms with Gasteiger partial charge >= 0.3 is 6.18 Å². The number of amides is 1. The molecule has 0 aromatic heterocycles. The molecule has 0 aliphatic carbocycles. The van der Waals surface area contributed by atoms with Crippen LogP contribution in [0.4, 0.5) is 28.9 Å². The second kappa shape index (κ2) is 10.8. The molecule has 0 unspecified atom stereocenters. The van der Waals surface area contributed by atoms with Gasteiger partial charge in [0.2, 0.25) is 10.0 Å². The summed E-state index contributed by atoms with van der Waals surface area (Å²) in [5.41, 5.74) is 0.931. The van der Waals surface area contributed by atoms with E-state index in [9.17, 15) is 30.8 Å². The lowest BCUT2D eigenvalue weighted by Gasteiger charge is -2.27. The van der Waals surface area contributed by atoms with E-state index in [0.29, 0.717) is 0 Å². The lowest BCUT2D eigenvalue weighted by molar-refractivity contribution is -0.137. The Hall–Kier alpha value is -3.84. The van der Waals surface area contributed by atoms with Crippen LogP contribution in [0.3, 0.4) is 0 Å². The summed E-state index contributed by atoms with van der Waals surface area (Å²) in [5.74, 6) is -1.20. The minimum Gasteiger partial charge on any atom is -0.457 e. The van der Waals surface area contributed by atoms with Crippen LogP contribution in [0, 0.1) is 5.82 Å². The van der Waals surface area contributed by atoms with Crippen LogP contribution in [0.5, 0.6) is 11.5 Å². The van der Waals surface area contributed by atoms with Crippen molar-refractivity contribution in [3.63, 3.8) is 0 Å². The van der Waals surface area contributed by atoms with Crippen LogP contribution in [0.25, 0.3) is 0 Å². The van der Waals surface area contributed by atoms with Crippen molar-refractivity contribution in [3.8, 4) is 11.5 Å². The van der Waals surface area contributed by atoms with Gasteiger partial charge in [0.25, 0.3) is 5.91 Å². The van der Waals surface area contributed by atoms with Crippen molar-refractivity contribution in [2.45, 2.75) is 12.2 Å². The van der Waals surface area contributed by atoms with Gasteiger partial charge in [-0.1, -0.05) is 6.07 Å². The van der Waals surface area contributed by atoms with Gasteiger partial charge in [-0.25, -0.2) is 18.3 Å². The highest BCUT2D eigenvalue weighted by molar-refractivity contribution is 7.92. The summed E-state index contributed by atoms with van der Waals surface area (Å²) in [6.45, 7) is -0.471. The zero-order valence-corrected chi connectivity index (χ0v) is 19.5. The summed E-state index contributed by atoms with van der Waals surface area (Å²) in [6.07, 6.45) is -3.57. The number of nitrogens with zero attached hydrogens (tertiary/aromatic N) is 1. The van der Waals surface area contributed by atoms with Crippen molar-refractivity contribution in [2.75, 3.05) is 22.4 Å². The van der Waals surface area contributed by atoms with E-state index in [2.05, 4.69) is 5.32 Å². The highest BCUT2D eigenvalue weighted by Crippen LogP contribution is 2.32. The lowest BCUT2D eigenvalue weighted by Crippen LogP contribution is -2.48. The van der Waals surface area contributed by atoms with Crippen LogP contribution < -0.4 is 19.8 Å². The van der Waals surface area contributed by atoms with E-state index >= 15 is 0 Å². The van der Waals surface area contributed by atoms with Crippen molar-refractivity contribution >= 4 is 27.3 Å². The van der Waals surface area contributed by atoms with Crippen molar-refractivity contribution in [1.82, 2.24) is 5.48 Å². The van der Waals surface area contributed by atoms with Gasteiger partial charge in [-0.05, 0) is 66.7 Å². The largest absolute Gasteiger partial charge is 0.457 e. The van der Waals surface area contributed by atoms with Crippen LogP contribution in [0.2, 0.25) is 0 Å². The molecule has 3 aromatic carbocycles. The lowest BCUT2D eigenvalue weighted by atomic mass is 10.2. The molecule has 3 aromatic rings. The van der Waals surface area contributed by atoms with E-state index in [-0.39, 0.29) is 22.9 Å². The minimum absolute atomic E-state index is 0.133. The number of carbonyl (C=O) groups excluding carboxylic acids is 1. The molecule has 1 atom stereocenters. The van der Waals surface area contributed by atoms with E-state index in [4.69, 9.17) is 9.94 Å². The Balaban J connectivity index is 1.80. The molecule has 36 heavy (non-hydrogen) atoms. The second-order valence-electron chi connectivity index (χ2n) is 7.60. The number of sulfonamides is 1. The first-order valence-electron chi connectivity index (χ1n) is 10.3. The molecule has 0 spiro atoms. The fraction of sp³-hybridized carbons (Fsp3) is 0.174. The van der Waals surface area contributed by atoms with Crippen LogP contribution in [-0.4, -0.2) is 38.4 Å². The fourth-order valence-corrected chi connectivity index (χ4v) is 4.10. The average molecular weight is 527 g/mol. The summed E-state index contributed by atoms with van der Waals surface area (Å²) >= 11 is 0.